The van der Waals surface area contributed by atoms with Gasteiger partial charge in [0.25, 0.3) is 5.91 Å². The lowest BCUT2D eigenvalue weighted by Crippen LogP contribution is -2.45. The van der Waals surface area contributed by atoms with Crippen molar-refractivity contribution in [2.45, 2.75) is 31.6 Å². The molecule has 2 aromatic heterocycles. The van der Waals surface area contributed by atoms with E-state index in [1.165, 1.54) is 10.6 Å². The summed E-state index contributed by atoms with van der Waals surface area (Å²) in [5, 5.41) is 11.3. The largest absolute Gasteiger partial charge is 0.465 e. The highest BCUT2D eigenvalue weighted by molar-refractivity contribution is 5.99. The maximum absolute atomic E-state index is 13.2. The van der Waals surface area contributed by atoms with Gasteiger partial charge in [-0.2, -0.15) is 13.2 Å². The first kappa shape index (κ1) is 21.0. The van der Waals surface area contributed by atoms with Crippen molar-refractivity contribution < 1.29 is 27.9 Å². The summed E-state index contributed by atoms with van der Waals surface area (Å²) < 4.78 is 40.9. The summed E-state index contributed by atoms with van der Waals surface area (Å²) in [6.07, 6.45) is -1.71. The maximum Gasteiger partial charge on any atom is 0.434 e. The van der Waals surface area contributed by atoms with Crippen molar-refractivity contribution in [3.8, 4) is 11.3 Å². The van der Waals surface area contributed by atoms with Crippen LogP contribution in [0.1, 0.15) is 34.5 Å². The maximum atomic E-state index is 13.2. The fraction of sp³-hybridized carbons (Fsp3) is 0.333. The van der Waals surface area contributed by atoms with E-state index in [0.29, 0.717) is 28.9 Å². The molecule has 0 saturated heterocycles. The third-order valence-corrected chi connectivity index (χ3v) is 6.07. The van der Waals surface area contributed by atoms with Gasteiger partial charge in [-0.3, -0.25) is 9.20 Å². The highest BCUT2D eigenvalue weighted by atomic mass is 19.4. The second-order valence-corrected chi connectivity index (χ2v) is 8.24. The van der Waals surface area contributed by atoms with Crippen LogP contribution in [-0.2, 0) is 12.7 Å². The molecule has 0 spiro atoms. The van der Waals surface area contributed by atoms with E-state index in [4.69, 9.17) is 10.8 Å². The number of anilines is 1. The third kappa shape index (κ3) is 3.70. The highest BCUT2D eigenvalue weighted by Gasteiger charge is 2.41. The SMILES string of the molecule is Nc1nc(C(F)(F)F)cn2c(-c3ccc4c(c3)CN(C(CNC(=O)O)C3CC3)C4=O)cnc12. The van der Waals surface area contributed by atoms with Gasteiger partial charge in [-0.1, -0.05) is 6.07 Å². The number of hydrogen-bond donors (Lipinski definition) is 3. The van der Waals surface area contributed by atoms with Crippen LogP contribution in [0.3, 0.4) is 0 Å². The van der Waals surface area contributed by atoms with Crippen molar-refractivity contribution in [2.24, 2.45) is 5.92 Å². The zero-order chi connectivity index (χ0) is 23.5. The monoisotopic (exact) mass is 460 g/mol. The fourth-order valence-electron chi connectivity index (χ4n) is 4.34. The Kier molecular flexibility index (Phi) is 4.69. The van der Waals surface area contributed by atoms with Crippen LogP contribution in [0.4, 0.5) is 23.8 Å². The van der Waals surface area contributed by atoms with Crippen molar-refractivity contribution in [1.29, 1.82) is 0 Å². The lowest BCUT2D eigenvalue weighted by Gasteiger charge is -2.27. The summed E-state index contributed by atoms with van der Waals surface area (Å²) in [5.74, 6) is -0.284. The predicted octanol–water partition coefficient (Wildman–Crippen LogP) is 3.00. The van der Waals surface area contributed by atoms with Gasteiger partial charge in [0.2, 0.25) is 0 Å². The molecule has 12 heteroatoms. The van der Waals surface area contributed by atoms with E-state index < -0.39 is 18.0 Å². The smallest absolute Gasteiger partial charge is 0.434 e. The fourth-order valence-corrected chi connectivity index (χ4v) is 4.34. The minimum Gasteiger partial charge on any atom is -0.465 e. The lowest BCUT2D eigenvalue weighted by atomic mass is 10.0. The number of carboxylic acid groups (broad SMARTS) is 1. The zero-order valence-corrected chi connectivity index (χ0v) is 17.1. The number of aromatic nitrogens is 3. The average molecular weight is 460 g/mol. The van der Waals surface area contributed by atoms with E-state index in [0.717, 1.165) is 19.0 Å². The van der Waals surface area contributed by atoms with Gasteiger partial charge >= 0.3 is 12.3 Å². The Labute approximate surface area is 185 Å². The van der Waals surface area contributed by atoms with Crippen molar-refractivity contribution in [2.75, 3.05) is 12.3 Å². The molecule has 1 saturated carbocycles. The van der Waals surface area contributed by atoms with Gasteiger partial charge in [-0.05, 0) is 36.5 Å². The average Bonchev–Trinajstić information content (AvgIpc) is 3.40. The van der Waals surface area contributed by atoms with Gasteiger partial charge in [-0.25, -0.2) is 14.8 Å². The second kappa shape index (κ2) is 7.36. The van der Waals surface area contributed by atoms with E-state index in [-0.39, 0.29) is 35.9 Å². The summed E-state index contributed by atoms with van der Waals surface area (Å²) in [6.45, 7) is 0.436. The van der Waals surface area contributed by atoms with Crippen molar-refractivity contribution in [1.82, 2.24) is 24.6 Å². The molecular weight excluding hydrogens is 441 g/mol. The van der Waals surface area contributed by atoms with Gasteiger partial charge in [0.15, 0.2) is 17.2 Å². The van der Waals surface area contributed by atoms with Crippen molar-refractivity contribution in [3.63, 3.8) is 0 Å². The zero-order valence-electron chi connectivity index (χ0n) is 17.1. The predicted molar refractivity (Wildman–Crippen MR) is 110 cm³/mol. The number of carbonyl (C=O) groups excluding carboxylic acids is 1. The molecule has 33 heavy (non-hydrogen) atoms. The Hall–Kier alpha value is -3.83. The number of nitrogens with zero attached hydrogens (tertiary/aromatic N) is 4. The van der Waals surface area contributed by atoms with Gasteiger partial charge in [0, 0.05) is 30.4 Å². The summed E-state index contributed by atoms with van der Waals surface area (Å²) in [5.41, 5.74) is 6.82. The molecule has 172 valence electrons. The van der Waals surface area contributed by atoms with Gasteiger partial charge < -0.3 is 21.1 Å². The molecule has 3 aromatic rings. The summed E-state index contributed by atoms with van der Waals surface area (Å²) in [7, 11) is 0. The number of carbonyl (C=O) groups is 2. The topological polar surface area (TPSA) is 126 Å². The van der Waals surface area contributed by atoms with E-state index in [2.05, 4.69) is 15.3 Å². The highest BCUT2D eigenvalue weighted by Crippen LogP contribution is 2.39. The molecule has 1 aromatic carbocycles. The Morgan fingerprint density at radius 1 is 1.33 bits per heavy atom. The molecule has 1 aliphatic heterocycles. The normalized spacial score (nSPS) is 16.8. The first-order valence-corrected chi connectivity index (χ1v) is 10.3. The molecule has 4 N–H and O–H groups in total. The Bertz CT molecular complexity index is 1280. The Morgan fingerprint density at radius 3 is 2.76 bits per heavy atom. The molecule has 2 amide bonds. The Morgan fingerprint density at radius 2 is 2.09 bits per heavy atom. The van der Waals surface area contributed by atoms with Crippen LogP contribution in [-0.4, -0.2) is 49.0 Å². The van der Waals surface area contributed by atoms with Gasteiger partial charge in [0.1, 0.15) is 0 Å². The van der Waals surface area contributed by atoms with Crippen molar-refractivity contribution >= 4 is 23.5 Å². The lowest BCUT2D eigenvalue weighted by molar-refractivity contribution is -0.141. The number of amides is 2. The molecule has 1 aliphatic carbocycles. The number of rotatable bonds is 5. The minimum absolute atomic E-state index is 0.102. The van der Waals surface area contributed by atoms with Crippen LogP contribution in [0.2, 0.25) is 0 Å². The van der Waals surface area contributed by atoms with Crippen LogP contribution in [0.5, 0.6) is 0 Å². The molecule has 0 bridgehead atoms. The van der Waals surface area contributed by atoms with Crippen LogP contribution in [0.15, 0.2) is 30.6 Å². The molecular formula is C21H19F3N6O3. The minimum atomic E-state index is -4.67. The summed E-state index contributed by atoms with van der Waals surface area (Å²) in [4.78, 5) is 33.1. The number of fused-ring (bicyclic) bond motifs is 2. The van der Waals surface area contributed by atoms with E-state index >= 15 is 0 Å². The van der Waals surface area contributed by atoms with E-state index in [1.54, 1.807) is 23.1 Å². The summed E-state index contributed by atoms with van der Waals surface area (Å²) in [6, 6.07) is 4.78. The number of imidazole rings is 1. The summed E-state index contributed by atoms with van der Waals surface area (Å²) >= 11 is 0. The number of alkyl halides is 3. The number of hydrogen-bond acceptors (Lipinski definition) is 5. The first-order valence-electron chi connectivity index (χ1n) is 10.3. The molecule has 9 nitrogen and oxygen atoms in total. The Balaban J connectivity index is 1.49. The number of halogens is 3. The second-order valence-electron chi connectivity index (χ2n) is 8.24. The van der Waals surface area contributed by atoms with E-state index in [9.17, 15) is 22.8 Å². The molecule has 1 unspecified atom stereocenters. The van der Waals surface area contributed by atoms with Gasteiger partial charge in [-0.15, -0.1) is 0 Å². The number of nitrogens with two attached hydrogens (primary N) is 1. The van der Waals surface area contributed by atoms with Crippen LogP contribution >= 0.6 is 0 Å². The number of nitrogens with one attached hydrogen (secondary N) is 1. The molecule has 1 fully saturated rings. The molecule has 0 radical (unpaired) electrons. The molecule has 2 aliphatic rings. The van der Waals surface area contributed by atoms with Crippen LogP contribution in [0, 0.1) is 5.92 Å². The molecule has 5 rings (SSSR count). The van der Waals surface area contributed by atoms with Crippen LogP contribution < -0.4 is 11.1 Å². The molecule has 1 atom stereocenters. The standard InChI is InChI=1S/C21H19F3N6O3/c22-21(23,24)16-9-29-15(6-26-18(29)17(25)28-16)11-3-4-13-12(5-11)8-30(19(13)31)14(10-1-2-10)7-27-20(32)33/h3-6,9-10,14,27H,1-2,7-8H2,(H2,25,28)(H,32,33). The first-order chi connectivity index (χ1) is 15.6. The van der Waals surface area contributed by atoms with Crippen LogP contribution in [0.25, 0.3) is 16.9 Å². The van der Waals surface area contributed by atoms with E-state index in [1.807, 2.05) is 0 Å². The number of nitrogen functional groups attached to an aromatic ring is 1. The number of benzene rings is 1. The third-order valence-electron chi connectivity index (χ3n) is 6.07. The van der Waals surface area contributed by atoms with Gasteiger partial charge in [0.05, 0.1) is 17.9 Å². The quantitative estimate of drug-likeness (QED) is 0.538. The van der Waals surface area contributed by atoms with Crippen molar-refractivity contribution in [3.05, 3.63) is 47.4 Å². The molecule has 3 heterocycles.